The van der Waals surface area contributed by atoms with Crippen LogP contribution in [0, 0.1) is 5.92 Å². The Labute approximate surface area is 178 Å². The highest BCUT2D eigenvalue weighted by molar-refractivity contribution is 5.87. The van der Waals surface area contributed by atoms with E-state index in [1.54, 1.807) is 12.4 Å². The van der Waals surface area contributed by atoms with Gasteiger partial charge in [0.25, 0.3) is 0 Å². The van der Waals surface area contributed by atoms with Gasteiger partial charge in [0, 0.05) is 37.7 Å². The molecule has 2 fully saturated rings. The maximum Gasteiger partial charge on any atom is 0.154 e. The molecule has 7 nitrogen and oxygen atoms in total. The molecule has 2 aliphatic heterocycles. The first-order valence-electron chi connectivity index (χ1n) is 11.0. The first-order valence-corrected chi connectivity index (χ1v) is 11.0. The van der Waals surface area contributed by atoms with Gasteiger partial charge >= 0.3 is 0 Å². The first kappa shape index (κ1) is 20.8. The van der Waals surface area contributed by atoms with Crippen LogP contribution in [0.15, 0.2) is 36.3 Å². The van der Waals surface area contributed by atoms with Crippen LogP contribution >= 0.6 is 0 Å². The van der Waals surface area contributed by atoms with Crippen LogP contribution in [0.1, 0.15) is 32.4 Å². The van der Waals surface area contributed by atoms with Crippen LogP contribution in [0.2, 0.25) is 0 Å². The van der Waals surface area contributed by atoms with Crippen LogP contribution in [0.3, 0.4) is 0 Å². The summed E-state index contributed by atoms with van der Waals surface area (Å²) in [6.45, 7) is 10.8. The van der Waals surface area contributed by atoms with E-state index in [2.05, 4.69) is 51.5 Å². The van der Waals surface area contributed by atoms with Gasteiger partial charge in [0.2, 0.25) is 0 Å². The molecule has 0 aliphatic carbocycles. The van der Waals surface area contributed by atoms with Gasteiger partial charge in [-0.2, -0.15) is 0 Å². The molecule has 0 bridgehead atoms. The van der Waals surface area contributed by atoms with E-state index in [0.717, 1.165) is 74.1 Å². The third kappa shape index (κ3) is 5.15. The van der Waals surface area contributed by atoms with E-state index in [1.165, 1.54) is 18.5 Å². The largest absolute Gasteiger partial charge is 0.378 e. The molecular weight excluding hydrogens is 376 g/mol. The summed E-state index contributed by atoms with van der Waals surface area (Å²) < 4.78 is 5.45. The van der Waals surface area contributed by atoms with E-state index in [0.29, 0.717) is 5.92 Å². The molecule has 0 saturated carbocycles. The van der Waals surface area contributed by atoms with Crippen molar-refractivity contribution in [1.82, 2.24) is 25.2 Å². The molecule has 0 aromatic carbocycles. The van der Waals surface area contributed by atoms with E-state index in [-0.39, 0.29) is 0 Å². The standard InChI is InChI=1S/C23H32N6O/c1-17(5-6-18(2)29-10-12-30-13-11-29)20-14-21-22(26-9-8-25-21)23(28-20)27-16-19-4-3-7-24-15-19/h5-6,8-9,14,19,24H,3-4,7,10-13,15-16H2,1-2H3,(H,27,28)/b17-5+,18-6+/t19-/m1/s1. The van der Waals surface area contributed by atoms with Crippen molar-refractivity contribution in [1.29, 1.82) is 0 Å². The fourth-order valence-electron chi connectivity index (χ4n) is 3.99. The number of piperidine rings is 1. The summed E-state index contributed by atoms with van der Waals surface area (Å²) in [5.41, 5.74) is 4.99. The highest BCUT2D eigenvalue weighted by Crippen LogP contribution is 2.24. The summed E-state index contributed by atoms with van der Waals surface area (Å²) in [5.74, 6) is 1.44. The molecule has 4 rings (SSSR count). The minimum Gasteiger partial charge on any atom is -0.378 e. The Morgan fingerprint density at radius 1 is 1.23 bits per heavy atom. The number of ether oxygens (including phenoxy) is 1. The van der Waals surface area contributed by atoms with Crippen molar-refractivity contribution in [2.75, 3.05) is 51.3 Å². The Hall–Kier alpha value is -2.51. The molecule has 2 aromatic rings. The van der Waals surface area contributed by atoms with Crippen LogP contribution < -0.4 is 10.6 Å². The summed E-state index contributed by atoms with van der Waals surface area (Å²) in [7, 11) is 0. The van der Waals surface area contributed by atoms with Crippen molar-refractivity contribution in [2.24, 2.45) is 5.92 Å². The number of pyridine rings is 1. The van der Waals surface area contributed by atoms with Gasteiger partial charge in [-0.25, -0.2) is 9.97 Å². The number of aromatic nitrogens is 3. The molecule has 1 atom stereocenters. The minimum atomic E-state index is 0.617. The third-order valence-electron chi connectivity index (χ3n) is 5.90. The maximum atomic E-state index is 5.45. The number of fused-ring (bicyclic) bond motifs is 1. The van der Waals surface area contributed by atoms with E-state index in [4.69, 9.17) is 9.72 Å². The lowest BCUT2D eigenvalue weighted by atomic mass is 10.00. The van der Waals surface area contributed by atoms with Crippen molar-refractivity contribution in [3.63, 3.8) is 0 Å². The monoisotopic (exact) mass is 408 g/mol. The molecule has 2 N–H and O–H groups in total. The zero-order valence-electron chi connectivity index (χ0n) is 18.0. The molecule has 7 heteroatoms. The second-order valence-electron chi connectivity index (χ2n) is 8.13. The van der Waals surface area contributed by atoms with Crippen LogP contribution in [0.25, 0.3) is 16.6 Å². The molecule has 30 heavy (non-hydrogen) atoms. The van der Waals surface area contributed by atoms with Crippen LogP contribution in [-0.4, -0.2) is 65.8 Å². The summed E-state index contributed by atoms with van der Waals surface area (Å²) in [4.78, 5) is 16.3. The third-order valence-corrected chi connectivity index (χ3v) is 5.90. The number of hydrogen-bond acceptors (Lipinski definition) is 7. The van der Waals surface area contributed by atoms with Gasteiger partial charge in [0.05, 0.1) is 24.4 Å². The first-order chi connectivity index (χ1) is 14.7. The van der Waals surface area contributed by atoms with Gasteiger partial charge < -0.3 is 20.3 Å². The quantitative estimate of drug-likeness (QED) is 0.712. The Balaban J connectivity index is 1.55. The molecule has 2 aliphatic rings. The summed E-state index contributed by atoms with van der Waals surface area (Å²) in [6.07, 6.45) is 10.3. The Morgan fingerprint density at radius 3 is 2.87 bits per heavy atom. The van der Waals surface area contributed by atoms with Gasteiger partial charge in [0.15, 0.2) is 5.82 Å². The smallest absolute Gasteiger partial charge is 0.154 e. The SMILES string of the molecule is C/C(=C\C=C(/C)N1CCOCC1)c1cc2nccnc2c(NC[C@@H]2CCCNC2)n1. The maximum absolute atomic E-state index is 5.45. The van der Waals surface area contributed by atoms with E-state index >= 15 is 0 Å². The molecule has 0 amide bonds. The highest BCUT2D eigenvalue weighted by atomic mass is 16.5. The number of hydrogen-bond donors (Lipinski definition) is 2. The predicted octanol–water partition coefficient (Wildman–Crippen LogP) is 3.08. The zero-order valence-corrected chi connectivity index (χ0v) is 18.0. The van der Waals surface area contributed by atoms with Gasteiger partial charge in [-0.3, -0.25) is 4.98 Å². The Bertz CT molecular complexity index is 913. The normalized spacial score (nSPS) is 21.1. The molecule has 0 unspecified atom stereocenters. The number of morpholine rings is 1. The molecular formula is C23H32N6O. The second-order valence-corrected chi connectivity index (χ2v) is 8.13. The van der Waals surface area contributed by atoms with Gasteiger partial charge in [-0.05, 0) is 63.4 Å². The van der Waals surface area contributed by atoms with Crippen molar-refractivity contribution < 1.29 is 4.74 Å². The number of nitrogens with zero attached hydrogens (tertiary/aromatic N) is 4. The Morgan fingerprint density at radius 2 is 2.07 bits per heavy atom. The van der Waals surface area contributed by atoms with Gasteiger partial charge in [0.1, 0.15) is 5.52 Å². The van der Waals surface area contributed by atoms with Crippen molar-refractivity contribution in [3.05, 3.63) is 42.0 Å². The fourth-order valence-corrected chi connectivity index (χ4v) is 3.99. The predicted molar refractivity (Wildman–Crippen MR) is 121 cm³/mol. The number of rotatable bonds is 6. The minimum absolute atomic E-state index is 0.617. The van der Waals surface area contributed by atoms with Gasteiger partial charge in [-0.15, -0.1) is 0 Å². The number of allylic oxidation sites excluding steroid dienone is 4. The van der Waals surface area contributed by atoms with E-state index in [1.807, 2.05) is 6.07 Å². The van der Waals surface area contributed by atoms with E-state index in [9.17, 15) is 0 Å². The molecule has 4 heterocycles. The number of nitrogens with one attached hydrogen (secondary N) is 2. The topological polar surface area (TPSA) is 75.2 Å². The second kappa shape index (κ2) is 10.00. The summed E-state index contributed by atoms with van der Waals surface area (Å²) >= 11 is 0. The average Bonchev–Trinajstić information content (AvgIpc) is 2.81. The lowest BCUT2D eigenvalue weighted by Crippen LogP contribution is -2.34. The molecule has 0 spiro atoms. The molecule has 2 saturated heterocycles. The van der Waals surface area contributed by atoms with Gasteiger partial charge in [-0.1, -0.05) is 6.08 Å². The van der Waals surface area contributed by atoms with Crippen LogP contribution in [-0.2, 0) is 4.74 Å². The van der Waals surface area contributed by atoms with Crippen LogP contribution in [0.4, 0.5) is 5.82 Å². The molecule has 160 valence electrons. The highest BCUT2D eigenvalue weighted by Gasteiger charge is 2.15. The lowest BCUT2D eigenvalue weighted by Gasteiger charge is -2.29. The average molecular weight is 409 g/mol. The summed E-state index contributed by atoms with van der Waals surface area (Å²) in [5, 5.41) is 7.03. The Kier molecular flexibility index (Phi) is 6.92. The summed E-state index contributed by atoms with van der Waals surface area (Å²) in [6, 6.07) is 2.03. The van der Waals surface area contributed by atoms with Crippen LogP contribution in [0.5, 0.6) is 0 Å². The van der Waals surface area contributed by atoms with Crippen molar-refractivity contribution in [2.45, 2.75) is 26.7 Å². The zero-order chi connectivity index (χ0) is 20.8. The van der Waals surface area contributed by atoms with Crippen molar-refractivity contribution >= 4 is 22.4 Å². The number of anilines is 1. The lowest BCUT2D eigenvalue weighted by molar-refractivity contribution is 0.0537. The fraction of sp³-hybridized carbons (Fsp3) is 0.522. The van der Waals surface area contributed by atoms with Crippen molar-refractivity contribution in [3.8, 4) is 0 Å². The molecule has 0 radical (unpaired) electrons. The molecule has 2 aromatic heterocycles. The van der Waals surface area contributed by atoms with E-state index < -0.39 is 0 Å².